The van der Waals surface area contributed by atoms with Crippen LogP contribution in [0.25, 0.3) is 0 Å². The molecule has 15 heavy (non-hydrogen) atoms. The predicted molar refractivity (Wildman–Crippen MR) is 58.8 cm³/mol. The van der Waals surface area contributed by atoms with Crippen molar-refractivity contribution in [3.05, 3.63) is 0 Å². The molecule has 86 valence electrons. The van der Waals surface area contributed by atoms with Gasteiger partial charge in [0, 0.05) is 31.7 Å². The first-order valence-electron chi connectivity index (χ1n) is 6.08. The third-order valence-electron chi connectivity index (χ3n) is 3.34. The molecular weight excluding hydrogens is 190 g/mol. The highest BCUT2D eigenvalue weighted by molar-refractivity contribution is 5.87. The van der Waals surface area contributed by atoms with Crippen LogP contribution in [0.15, 0.2) is 0 Å². The Labute approximate surface area is 91.8 Å². The van der Waals surface area contributed by atoms with E-state index in [-0.39, 0.29) is 6.10 Å². The standard InChI is InChI=1S/C12H21NO2/c1-9(2)13-6-3-7-15-11(8-13)12(14)10-4-5-10/h9-11H,3-8H2,1-2H3. The van der Waals surface area contributed by atoms with Gasteiger partial charge in [0.15, 0.2) is 5.78 Å². The van der Waals surface area contributed by atoms with Crippen LogP contribution in [0.2, 0.25) is 0 Å². The van der Waals surface area contributed by atoms with E-state index in [9.17, 15) is 4.79 Å². The van der Waals surface area contributed by atoms with Crippen LogP contribution in [0.3, 0.4) is 0 Å². The molecule has 0 radical (unpaired) electrons. The lowest BCUT2D eigenvalue weighted by Crippen LogP contribution is -2.40. The smallest absolute Gasteiger partial charge is 0.165 e. The predicted octanol–water partition coefficient (Wildman–Crippen LogP) is 1.46. The summed E-state index contributed by atoms with van der Waals surface area (Å²) in [7, 11) is 0. The average molecular weight is 211 g/mol. The summed E-state index contributed by atoms with van der Waals surface area (Å²) in [5.41, 5.74) is 0. The van der Waals surface area contributed by atoms with Crippen molar-refractivity contribution in [1.29, 1.82) is 0 Å². The van der Waals surface area contributed by atoms with E-state index in [0.717, 1.165) is 39.0 Å². The minimum Gasteiger partial charge on any atom is -0.369 e. The fourth-order valence-corrected chi connectivity index (χ4v) is 2.12. The fraction of sp³-hybridized carbons (Fsp3) is 0.917. The molecule has 0 aromatic rings. The van der Waals surface area contributed by atoms with Gasteiger partial charge in [0.05, 0.1) is 0 Å². The van der Waals surface area contributed by atoms with Crippen molar-refractivity contribution in [3.8, 4) is 0 Å². The lowest BCUT2D eigenvalue weighted by Gasteiger charge is -2.26. The number of Topliss-reactive ketones (excluding diaryl/α,β-unsaturated/α-hetero) is 1. The first-order chi connectivity index (χ1) is 7.18. The van der Waals surface area contributed by atoms with Crippen molar-refractivity contribution in [2.45, 2.75) is 45.3 Å². The first-order valence-corrected chi connectivity index (χ1v) is 6.08. The highest BCUT2D eigenvalue weighted by atomic mass is 16.5. The van der Waals surface area contributed by atoms with E-state index in [2.05, 4.69) is 18.7 Å². The minimum absolute atomic E-state index is 0.151. The number of ether oxygens (including phenoxy) is 1. The van der Waals surface area contributed by atoms with Crippen LogP contribution in [0.5, 0.6) is 0 Å². The molecular formula is C12H21NO2. The van der Waals surface area contributed by atoms with Crippen molar-refractivity contribution < 1.29 is 9.53 Å². The number of carbonyl (C=O) groups is 1. The van der Waals surface area contributed by atoms with Gasteiger partial charge in [-0.15, -0.1) is 0 Å². The van der Waals surface area contributed by atoms with Gasteiger partial charge < -0.3 is 4.74 Å². The Balaban J connectivity index is 1.94. The van der Waals surface area contributed by atoms with Gasteiger partial charge in [-0.2, -0.15) is 0 Å². The monoisotopic (exact) mass is 211 g/mol. The van der Waals surface area contributed by atoms with Crippen molar-refractivity contribution in [3.63, 3.8) is 0 Å². The topological polar surface area (TPSA) is 29.5 Å². The minimum atomic E-state index is -0.151. The fourth-order valence-electron chi connectivity index (χ4n) is 2.12. The molecule has 0 amide bonds. The van der Waals surface area contributed by atoms with Crippen LogP contribution in [0, 0.1) is 5.92 Å². The molecule has 3 heteroatoms. The molecule has 2 fully saturated rings. The Bertz CT molecular complexity index is 236. The molecule has 2 rings (SSSR count). The van der Waals surface area contributed by atoms with Crippen LogP contribution >= 0.6 is 0 Å². The third-order valence-corrected chi connectivity index (χ3v) is 3.34. The zero-order valence-electron chi connectivity index (χ0n) is 9.74. The maximum absolute atomic E-state index is 11.9. The van der Waals surface area contributed by atoms with E-state index in [1.165, 1.54) is 0 Å². The second kappa shape index (κ2) is 4.62. The summed E-state index contributed by atoms with van der Waals surface area (Å²) in [6.07, 6.45) is 3.07. The Hall–Kier alpha value is -0.410. The molecule has 1 saturated carbocycles. The number of rotatable bonds is 3. The number of hydrogen-bond donors (Lipinski definition) is 0. The second-order valence-electron chi connectivity index (χ2n) is 4.98. The summed E-state index contributed by atoms with van der Waals surface area (Å²) in [6.45, 7) is 6.97. The van der Waals surface area contributed by atoms with Crippen molar-refractivity contribution in [2.24, 2.45) is 5.92 Å². The van der Waals surface area contributed by atoms with Crippen molar-refractivity contribution in [1.82, 2.24) is 4.90 Å². The van der Waals surface area contributed by atoms with Crippen molar-refractivity contribution >= 4 is 5.78 Å². The quantitative estimate of drug-likeness (QED) is 0.708. The SMILES string of the molecule is CC(C)N1CCCOC(C(=O)C2CC2)C1. The zero-order chi connectivity index (χ0) is 10.8. The summed E-state index contributed by atoms with van der Waals surface area (Å²) >= 11 is 0. The number of carbonyl (C=O) groups excluding carboxylic acids is 1. The second-order valence-corrected chi connectivity index (χ2v) is 4.98. The Morgan fingerprint density at radius 3 is 2.73 bits per heavy atom. The average Bonchev–Trinajstić information content (AvgIpc) is 3.04. The Kier molecular flexibility index (Phi) is 3.42. The molecule has 1 unspecified atom stereocenters. The zero-order valence-corrected chi connectivity index (χ0v) is 9.74. The van der Waals surface area contributed by atoms with Gasteiger partial charge in [-0.05, 0) is 33.1 Å². The molecule has 1 saturated heterocycles. The van der Waals surface area contributed by atoms with Crippen LogP contribution in [-0.2, 0) is 9.53 Å². The van der Waals surface area contributed by atoms with E-state index in [1.54, 1.807) is 0 Å². The molecule has 0 aromatic carbocycles. The number of ketones is 1. The maximum atomic E-state index is 11.9. The Morgan fingerprint density at radius 2 is 2.13 bits per heavy atom. The number of hydrogen-bond acceptors (Lipinski definition) is 3. The van der Waals surface area contributed by atoms with Crippen LogP contribution < -0.4 is 0 Å². The normalized spacial score (nSPS) is 29.1. The largest absolute Gasteiger partial charge is 0.369 e. The summed E-state index contributed by atoms with van der Waals surface area (Å²) in [4.78, 5) is 14.3. The lowest BCUT2D eigenvalue weighted by atomic mass is 10.1. The van der Waals surface area contributed by atoms with Gasteiger partial charge in [-0.3, -0.25) is 9.69 Å². The molecule has 2 aliphatic rings. The van der Waals surface area contributed by atoms with E-state index in [4.69, 9.17) is 4.74 Å². The Morgan fingerprint density at radius 1 is 1.40 bits per heavy atom. The van der Waals surface area contributed by atoms with Gasteiger partial charge in [-0.25, -0.2) is 0 Å². The molecule has 0 spiro atoms. The molecule has 0 bridgehead atoms. The summed E-state index contributed by atoms with van der Waals surface area (Å²) in [6, 6.07) is 0.515. The molecule has 1 atom stereocenters. The highest BCUT2D eigenvalue weighted by Gasteiger charge is 2.37. The van der Waals surface area contributed by atoms with Crippen LogP contribution in [-0.4, -0.2) is 42.5 Å². The molecule has 1 heterocycles. The molecule has 3 nitrogen and oxygen atoms in total. The van der Waals surface area contributed by atoms with E-state index < -0.39 is 0 Å². The summed E-state index contributed by atoms with van der Waals surface area (Å²) in [5.74, 6) is 0.671. The summed E-state index contributed by atoms with van der Waals surface area (Å²) < 4.78 is 5.66. The molecule has 1 aliphatic carbocycles. The van der Waals surface area contributed by atoms with Gasteiger partial charge in [-0.1, -0.05) is 0 Å². The van der Waals surface area contributed by atoms with E-state index in [1.807, 2.05) is 0 Å². The van der Waals surface area contributed by atoms with E-state index >= 15 is 0 Å². The van der Waals surface area contributed by atoms with Crippen molar-refractivity contribution in [2.75, 3.05) is 19.7 Å². The molecule has 0 N–H and O–H groups in total. The highest BCUT2D eigenvalue weighted by Crippen LogP contribution is 2.32. The van der Waals surface area contributed by atoms with Gasteiger partial charge in [0.1, 0.15) is 6.10 Å². The van der Waals surface area contributed by atoms with E-state index in [0.29, 0.717) is 17.7 Å². The van der Waals surface area contributed by atoms with Crippen LogP contribution in [0.4, 0.5) is 0 Å². The maximum Gasteiger partial charge on any atom is 0.165 e. The number of nitrogens with zero attached hydrogens (tertiary/aromatic N) is 1. The summed E-state index contributed by atoms with van der Waals surface area (Å²) in [5, 5.41) is 0. The van der Waals surface area contributed by atoms with Gasteiger partial charge in [0.2, 0.25) is 0 Å². The van der Waals surface area contributed by atoms with Crippen LogP contribution in [0.1, 0.15) is 33.1 Å². The van der Waals surface area contributed by atoms with Gasteiger partial charge in [0.25, 0.3) is 0 Å². The first kappa shape index (κ1) is 11.1. The molecule has 1 aliphatic heterocycles. The van der Waals surface area contributed by atoms with Gasteiger partial charge >= 0.3 is 0 Å². The lowest BCUT2D eigenvalue weighted by molar-refractivity contribution is -0.132. The third kappa shape index (κ3) is 2.79. The molecule has 0 aromatic heterocycles.